The molecule has 2 rings (SSSR count). The van der Waals surface area contributed by atoms with Gasteiger partial charge in [0, 0.05) is 49.5 Å². The van der Waals surface area contributed by atoms with Gasteiger partial charge in [-0.05, 0) is 43.7 Å². The molecule has 1 aromatic rings. The second-order valence-electron chi connectivity index (χ2n) is 12.3. The smallest absolute Gasteiger partial charge is 0.414 e. The molecule has 0 fully saturated rings. The van der Waals surface area contributed by atoms with Gasteiger partial charge in [-0.15, -0.1) is 0 Å². The molecule has 0 spiro atoms. The van der Waals surface area contributed by atoms with Crippen molar-refractivity contribution in [3.63, 3.8) is 0 Å². The SMILES string of the molecule is COC1=CCC(C/C=C(C)/C=C\C=C/C(=O)NC(C(=O)N/C=C\CC(C/C=C(\C)Cl)OC(=O)N(C)c2ccccc2)C(C)(C)C)OC1=O. The van der Waals surface area contributed by atoms with E-state index in [4.69, 9.17) is 25.8 Å². The van der Waals surface area contributed by atoms with E-state index in [0.717, 1.165) is 5.57 Å². The second kappa shape index (κ2) is 19.9. The van der Waals surface area contributed by atoms with Crippen LogP contribution in [-0.2, 0) is 28.6 Å². The van der Waals surface area contributed by atoms with E-state index >= 15 is 0 Å². The minimum Gasteiger partial charge on any atom is -0.490 e. The Bertz CT molecular complexity index is 1430. The lowest BCUT2D eigenvalue weighted by atomic mass is 9.86. The van der Waals surface area contributed by atoms with Crippen molar-refractivity contribution in [1.29, 1.82) is 0 Å². The molecular weight excluding hydrogens is 634 g/mol. The number of hydrogen-bond donors (Lipinski definition) is 2. The van der Waals surface area contributed by atoms with Crippen LogP contribution in [0.2, 0.25) is 0 Å². The van der Waals surface area contributed by atoms with Gasteiger partial charge in [0.25, 0.3) is 0 Å². The number of cyclic esters (lactones) is 1. The predicted octanol–water partition coefficient (Wildman–Crippen LogP) is 7.01. The van der Waals surface area contributed by atoms with Crippen molar-refractivity contribution in [2.45, 2.75) is 78.6 Å². The van der Waals surface area contributed by atoms with Gasteiger partial charge in [0.2, 0.25) is 11.8 Å². The number of anilines is 1. The standard InChI is InChI=1S/C37H48ClN3O7/c1-26(19-21-30-23-24-31(46-7)35(44)47-30)14-11-12-18-32(42)40-33(37(3,4)5)34(43)39-25-13-17-29(22-20-27(2)38)48-36(45)41(6)28-15-9-8-10-16-28/h8-16,18-20,24-25,29-30,33H,17,21-23H2,1-7H3,(H,39,43)(H,40,42)/b14-11-,18-12-,25-13-,26-19+,27-20+. The molecule has 3 unspecified atom stereocenters. The van der Waals surface area contributed by atoms with Crippen LogP contribution in [0, 0.1) is 5.41 Å². The topological polar surface area (TPSA) is 123 Å². The molecule has 260 valence electrons. The van der Waals surface area contributed by atoms with Crippen molar-refractivity contribution in [1.82, 2.24) is 10.6 Å². The van der Waals surface area contributed by atoms with Crippen LogP contribution in [0.25, 0.3) is 0 Å². The first-order chi connectivity index (χ1) is 22.7. The Morgan fingerprint density at radius 1 is 1.08 bits per heavy atom. The zero-order valence-corrected chi connectivity index (χ0v) is 29.6. The Kier molecular flexibility index (Phi) is 16.5. The molecule has 0 saturated carbocycles. The summed E-state index contributed by atoms with van der Waals surface area (Å²) in [6.45, 7) is 9.22. The number of carbonyl (C=O) groups is 4. The highest BCUT2D eigenvalue weighted by Gasteiger charge is 2.32. The summed E-state index contributed by atoms with van der Waals surface area (Å²) in [5.74, 6) is -1.05. The van der Waals surface area contributed by atoms with E-state index in [1.54, 1.807) is 44.4 Å². The summed E-state index contributed by atoms with van der Waals surface area (Å²) >= 11 is 6.02. The van der Waals surface area contributed by atoms with Crippen molar-refractivity contribution < 1.29 is 33.4 Å². The summed E-state index contributed by atoms with van der Waals surface area (Å²) in [7, 11) is 3.07. The van der Waals surface area contributed by atoms with E-state index < -0.39 is 35.5 Å². The number of hydrogen-bond acceptors (Lipinski definition) is 7. The summed E-state index contributed by atoms with van der Waals surface area (Å²) in [6, 6.07) is 8.32. The van der Waals surface area contributed by atoms with E-state index in [1.807, 2.05) is 70.2 Å². The molecule has 0 aromatic heterocycles. The van der Waals surface area contributed by atoms with Crippen LogP contribution in [0.3, 0.4) is 0 Å². The highest BCUT2D eigenvalue weighted by molar-refractivity contribution is 6.29. The normalized spacial score (nSPS) is 17.1. The van der Waals surface area contributed by atoms with E-state index in [9.17, 15) is 19.2 Å². The molecule has 1 heterocycles. The van der Waals surface area contributed by atoms with Crippen LogP contribution in [-0.4, -0.2) is 56.3 Å². The minimum atomic E-state index is -0.828. The largest absolute Gasteiger partial charge is 0.490 e. The summed E-state index contributed by atoms with van der Waals surface area (Å²) in [6.07, 6.45) is 15.7. The lowest BCUT2D eigenvalue weighted by Crippen LogP contribution is -2.52. The first kappa shape index (κ1) is 39.6. The molecule has 3 atom stereocenters. The van der Waals surface area contributed by atoms with Crippen LogP contribution in [0.1, 0.15) is 60.3 Å². The summed E-state index contributed by atoms with van der Waals surface area (Å²) in [4.78, 5) is 51.8. The Hall–Kier alpha value is -4.57. The molecule has 1 aliphatic heterocycles. The van der Waals surface area contributed by atoms with Gasteiger partial charge >= 0.3 is 12.1 Å². The van der Waals surface area contributed by atoms with Crippen LogP contribution in [0.4, 0.5) is 10.5 Å². The molecule has 1 aliphatic rings. The fourth-order valence-corrected chi connectivity index (χ4v) is 4.49. The molecule has 48 heavy (non-hydrogen) atoms. The summed E-state index contributed by atoms with van der Waals surface area (Å²) in [5.41, 5.74) is 1.05. The molecule has 11 heteroatoms. The van der Waals surface area contributed by atoms with E-state index in [2.05, 4.69) is 10.6 Å². The van der Waals surface area contributed by atoms with E-state index in [0.29, 0.717) is 36.4 Å². The second-order valence-corrected chi connectivity index (χ2v) is 12.9. The van der Waals surface area contributed by atoms with Gasteiger partial charge in [-0.25, -0.2) is 9.59 Å². The van der Waals surface area contributed by atoms with Crippen molar-refractivity contribution in [3.05, 3.63) is 102 Å². The Morgan fingerprint density at radius 2 is 1.77 bits per heavy atom. The first-order valence-electron chi connectivity index (χ1n) is 15.8. The van der Waals surface area contributed by atoms with Gasteiger partial charge in [-0.2, -0.15) is 0 Å². The molecule has 0 bridgehead atoms. The summed E-state index contributed by atoms with van der Waals surface area (Å²) < 4.78 is 16.0. The molecule has 0 saturated heterocycles. The molecule has 3 amide bonds. The van der Waals surface area contributed by atoms with Crippen LogP contribution < -0.4 is 15.5 Å². The number of benzene rings is 1. The third-order valence-corrected chi connectivity index (χ3v) is 7.34. The number of nitrogens with zero attached hydrogens (tertiary/aromatic N) is 1. The number of carbonyl (C=O) groups excluding carboxylic acids is 4. The van der Waals surface area contributed by atoms with Gasteiger partial charge in [0.15, 0.2) is 5.76 Å². The maximum Gasteiger partial charge on any atom is 0.414 e. The quantitative estimate of drug-likeness (QED) is 0.116. The highest BCUT2D eigenvalue weighted by Crippen LogP contribution is 2.21. The Morgan fingerprint density at radius 3 is 2.40 bits per heavy atom. The van der Waals surface area contributed by atoms with E-state index in [1.165, 1.54) is 24.3 Å². The summed E-state index contributed by atoms with van der Waals surface area (Å²) in [5, 5.41) is 6.09. The van der Waals surface area contributed by atoms with Gasteiger partial charge < -0.3 is 24.8 Å². The third-order valence-electron chi connectivity index (χ3n) is 7.19. The first-order valence-corrected chi connectivity index (χ1v) is 16.1. The number of esters is 1. The average Bonchev–Trinajstić information content (AvgIpc) is 3.04. The van der Waals surface area contributed by atoms with Crippen molar-refractivity contribution in [2.75, 3.05) is 19.1 Å². The zero-order chi connectivity index (χ0) is 35.7. The number of nitrogens with one attached hydrogen (secondary N) is 2. The molecule has 2 N–H and O–H groups in total. The molecular formula is C37H48ClN3O7. The van der Waals surface area contributed by atoms with Gasteiger partial charge in [-0.3, -0.25) is 14.5 Å². The maximum absolute atomic E-state index is 13.1. The Balaban J connectivity index is 1.92. The zero-order valence-electron chi connectivity index (χ0n) is 28.8. The fraction of sp³-hybridized carbons (Fsp3) is 0.405. The average molecular weight is 682 g/mol. The highest BCUT2D eigenvalue weighted by atomic mass is 35.5. The molecule has 10 nitrogen and oxygen atoms in total. The monoisotopic (exact) mass is 681 g/mol. The number of methoxy groups -OCH3 is 1. The van der Waals surface area contributed by atoms with Crippen LogP contribution in [0.5, 0.6) is 0 Å². The number of para-hydroxylation sites is 1. The number of amides is 3. The number of allylic oxidation sites excluding steroid dienone is 5. The van der Waals surface area contributed by atoms with E-state index in [-0.39, 0.29) is 17.8 Å². The molecule has 1 aromatic carbocycles. The van der Waals surface area contributed by atoms with Crippen molar-refractivity contribution in [3.8, 4) is 0 Å². The van der Waals surface area contributed by atoms with Gasteiger partial charge in [0.05, 0.1) is 7.11 Å². The number of rotatable bonds is 15. The third kappa shape index (κ3) is 14.5. The maximum atomic E-state index is 13.1. The lowest BCUT2D eigenvalue weighted by Gasteiger charge is -2.29. The number of halogens is 1. The lowest BCUT2D eigenvalue weighted by molar-refractivity contribution is -0.149. The van der Waals surface area contributed by atoms with Crippen molar-refractivity contribution in [2.24, 2.45) is 5.41 Å². The van der Waals surface area contributed by atoms with Crippen LogP contribution in [0.15, 0.2) is 102 Å². The molecule has 0 radical (unpaired) electrons. The minimum absolute atomic E-state index is 0.223. The van der Waals surface area contributed by atoms with Gasteiger partial charge in [0.1, 0.15) is 18.2 Å². The predicted molar refractivity (Wildman–Crippen MR) is 189 cm³/mol. The number of ether oxygens (including phenoxy) is 3. The van der Waals surface area contributed by atoms with Gasteiger partial charge in [-0.1, -0.05) is 92.6 Å². The van der Waals surface area contributed by atoms with Crippen LogP contribution >= 0.6 is 11.6 Å². The van der Waals surface area contributed by atoms with Crippen molar-refractivity contribution >= 4 is 41.2 Å². The fourth-order valence-electron chi connectivity index (χ4n) is 4.40. The molecule has 0 aliphatic carbocycles. The Labute approximate surface area is 289 Å².